The summed E-state index contributed by atoms with van der Waals surface area (Å²) in [7, 11) is 0. The summed E-state index contributed by atoms with van der Waals surface area (Å²) in [5.74, 6) is -2.07. The van der Waals surface area contributed by atoms with E-state index in [2.05, 4.69) is 10.6 Å². The number of halogens is 2. The van der Waals surface area contributed by atoms with Gasteiger partial charge in [-0.25, -0.2) is 8.78 Å². The molecule has 7 heteroatoms. The van der Waals surface area contributed by atoms with Crippen molar-refractivity contribution < 1.29 is 18.4 Å². The van der Waals surface area contributed by atoms with Gasteiger partial charge in [-0.15, -0.1) is 0 Å². The first-order chi connectivity index (χ1) is 10.6. The number of amides is 2. The second-order valence-corrected chi connectivity index (χ2v) is 6.27. The van der Waals surface area contributed by atoms with Gasteiger partial charge in [0, 0.05) is 11.6 Å². The predicted octanol–water partition coefficient (Wildman–Crippen LogP) is 2.14. The SMILES string of the molecule is CCN(CC(=O)Nc1cc(F)ccc1F)CC(=O)NC(C)(C)C. The fourth-order valence-electron chi connectivity index (χ4n) is 1.93. The molecule has 5 nitrogen and oxygen atoms in total. The molecule has 0 fully saturated rings. The number of benzene rings is 1. The van der Waals surface area contributed by atoms with Gasteiger partial charge < -0.3 is 10.6 Å². The van der Waals surface area contributed by atoms with Crippen LogP contribution in [-0.2, 0) is 9.59 Å². The maximum atomic E-state index is 13.5. The van der Waals surface area contributed by atoms with Gasteiger partial charge in [0.2, 0.25) is 11.8 Å². The molecule has 128 valence electrons. The Balaban J connectivity index is 2.59. The van der Waals surface area contributed by atoms with E-state index in [-0.39, 0.29) is 30.2 Å². The Morgan fingerprint density at radius 2 is 1.74 bits per heavy atom. The van der Waals surface area contributed by atoms with E-state index in [1.54, 1.807) is 11.8 Å². The molecule has 1 aromatic carbocycles. The quantitative estimate of drug-likeness (QED) is 0.841. The number of nitrogens with one attached hydrogen (secondary N) is 2. The molecule has 0 saturated carbocycles. The molecule has 0 heterocycles. The van der Waals surface area contributed by atoms with Crippen molar-refractivity contribution in [1.82, 2.24) is 10.2 Å². The fourth-order valence-corrected chi connectivity index (χ4v) is 1.93. The minimum atomic E-state index is -0.715. The zero-order chi connectivity index (χ0) is 17.6. The molecule has 2 N–H and O–H groups in total. The van der Waals surface area contributed by atoms with E-state index in [1.165, 1.54) is 0 Å². The van der Waals surface area contributed by atoms with Crippen molar-refractivity contribution in [1.29, 1.82) is 0 Å². The Morgan fingerprint density at radius 3 is 2.30 bits per heavy atom. The highest BCUT2D eigenvalue weighted by Gasteiger charge is 2.18. The first-order valence-electron chi connectivity index (χ1n) is 7.39. The number of likely N-dealkylation sites (N-methyl/N-ethyl adjacent to an activating group) is 1. The van der Waals surface area contributed by atoms with Crippen LogP contribution in [-0.4, -0.2) is 41.9 Å². The Bertz CT molecular complexity index is 571. The average molecular weight is 327 g/mol. The van der Waals surface area contributed by atoms with Crippen LogP contribution in [0, 0.1) is 11.6 Å². The summed E-state index contributed by atoms with van der Waals surface area (Å²) in [4.78, 5) is 25.4. The summed E-state index contributed by atoms with van der Waals surface area (Å²) < 4.78 is 26.6. The van der Waals surface area contributed by atoms with Gasteiger partial charge in [-0.2, -0.15) is 0 Å². The molecule has 0 aliphatic heterocycles. The maximum Gasteiger partial charge on any atom is 0.238 e. The van der Waals surface area contributed by atoms with Crippen LogP contribution in [0.5, 0.6) is 0 Å². The van der Waals surface area contributed by atoms with Crippen molar-refractivity contribution >= 4 is 17.5 Å². The van der Waals surface area contributed by atoms with Crippen LogP contribution in [0.1, 0.15) is 27.7 Å². The van der Waals surface area contributed by atoms with Crippen molar-refractivity contribution in [2.45, 2.75) is 33.2 Å². The highest BCUT2D eigenvalue weighted by atomic mass is 19.1. The fraction of sp³-hybridized carbons (Fsp3) is 0.500. The lowest BCUT2D eigenvalue weighted by Gasteiger charge is -2.24. The minimum Gasteiger partial charge on any atom is -0.350 e. The summed E-state index contributed by atoms with van der Waals surface area (Å²) in [6.45, 7) is 7.82. The van der Waals surface area contributed by atoms with Crippen LogP contribution in [0.2, 0.25) is 0 Å². The normalized spacial score (nSPS) is 11.4. The molecule has 0 spiro atoms. The molecule has 0 unspecified atom stereocenters. The molecule has 0 aliphatic carbocycles. The molecule has 0 atom stereocenters. The van der Waals surface area contributed by atoms with Crippen LogP contribution >= 0.6 is 0 Å². The van der Waals surface area contributed by atoms with Gasteiger partial charge in [-0.05, 0) is 39.4 Å². The summed E-state index contributed by atoms with van der Waals surface area (Å²) in [6.07, 6.45) is 0. The van der Waals surface area contributed by atoms with Gasteiger partial charge in [0.05, 0.1) is 18.8 Å². The lowest BCUT2D eigenvalue weighted by molar-refractivity contribution is -0.124. The largest absolute Gasteiger partial charge is 0.350 e. The zero-order valence-electron chi connectivity index (χ0n) is 13.9. The molecule has 0 radical (unpaired) electrons. The topological polar surface area (TPSA) is 61.4 Å². The molecule has 0 aliphatic rings. The molecule has 0 saturated heterocycles. The first-order valence-corrected chi connectivity index (χ1v) is 7.39. The highest BCUT2D eigenvalue weighted by molar-refractivity contribution is 5.92. The van der Waals surface area contributed by atoms with Crippen LogP contribution in [0.15, 0.2) is 18.2 Å². The van der Waals surface area contributed by atoms with Crippen LogP contribution in [0.25, 0.3) is 0 Å². The van der Waals surface area contributed by atoms with Gasteiger partial charge in [0.1, 0.15) is 11.6 Å². The van der Waals surface area contributed by atoms with Gasteiger partial charge in [-0.1, -0.05) is 6.92 Å². The number of anilines is 1. The number of nitrogens with zero attached hydrogens (tertiary/aromatic N) is 1. The second-order valence-electron chi connectivity index (χ2n) is 6.27. The average Bonchev–Trinajstić information content (AvgIpc) is 2.40. The standard InChI is InChI=1S/C16H23F2N3O2/c1-5-21(10-15(23)20-16(2,3)4)9-14(22)19-13-8-11(17)6-7-12(13)18/h6-8H,5,9-10H2,1-4H3,(H,19,22)(H,20,23). The number of carbonyl (C=O) groups is 2. The Hall–Kier alpha value is -2.02. The lowest BCUT2D eigenvalue weighted by atomic mass is 10.1. The van der Waals surface area contributed by atoms with E-state index in [9.17, 15) is 18.4 Å². The zero-order valence-corrected chi connectivity index (χ0v) is 13.9. The van der Waals surface area contributed by atoms with Crippen molar-refractivity contribution in [2.24, 2.45) is 0 Å². The van der Waals surface area contributed by atoms with E-state index in [0.29, 0.717) is 6.54 Å². The molecular formula is C16H23F2N3O2. The maximum absolute atomic E-state index is 13.5. The third-order valence-corrected chi connectivity index (χ3v) is 2.90. The van der Waals surface area contributed by atoms with E-state index in [1.807, 2.05) is 20.8 Å². The Labute approximate surface area is 135 Å². The molecular weight excluding hydrogens is 304 g/mol. The van der Waals surface area contributed by atoms with Crippen LogP contribution in [0.4, 0.5) is 14.5 Å². The molecule has 23 heavy (non-hydrogen) atoms. The summed E-state index contributed by atoms with van der Waals surface area (Å²) in [6, 6.07) is 2.83. The van der Waals surface area contributed by atoms with Crippen molar-refractivity contribution in [3.63, 3.8) is 0 Å². The minimum absolute atomic E-state index is 0.0484. The van der Waals surface area contributed by atoms with E-state index >= 15 is 0 Å². The van der Waals surface area contributed by atoms with Crippen molar-refractivity contribution in [3.8, 4) is 0 Å². The third-order valence-electron chi connectivity index (χ3n) is 2.90. The third kappa shape index (κ3) is 7.19. The highest BCUT2D eigenvalue weighted by Crippen LogP contribution is 2.15. The summed E-state index contributed by atoms with van der Waals surface area (Å²) in [5.41, 5.74) is -0.575. The molecule has 1 aromatic rings. The lowest BCUT2D eigenvalue weighted by Crippen LogP contribution is -2.47. The molecule has 2 amide bonds. The van der Waals surface area contributed by atoms with Crippen LogP contribution < -0.4 is 10.6 Å². The monoisotopic (exact) mass is 327 g/mol. The predicted molar refractivity (Wildman–Crippen MR) is 85.0 cm³/mol. The molecule has 1 rings (SSSR count). The van der Waals surface area contributed by atoms with Crippen LogP contribution in [0.3, 0.4) is 0 Å². The number of rotatable bonds is 6. The molecule has 0 bridgehead atoms. The van der Waals surface area contributed by atoms with Gasteiger partial charge in [-0.3, -0.25) is 14.5 Å². The second kappa shape index (κ2) is 8.01. The van der Waals surface area contributed by atoms with E-state index < -0.39 is 17.5 Å². The number of hydrogen-bond donors (Lipinski definition) is 2. The Morgan fingerprint density at radius 1 is 1.13 bits per heavy atom. The Kier molecular flexibility index (Phi) is 6.62. The van der Waals surface area contributed by atoms with Gasteiger partial charge in [0.15, 0.2) is 0 Å². The number of hydrogen-bond acceptors (Lipinski definition) is 3. The first kappa shape index (κ1) is 19.0. The smallest absolute Gasteiger partial charge is 0.238 e. The van der Waals surface area contributed by atoms with Crippen molar-refractivity contribution in [2.75, 3.05) is 25.0 Å². The van der Waals surface area contributed by atoms with E-state index in [0.717, 1.165) is 18.2 Å². The van der Waals surface area contributed by atoms with Gasteiger partial charge in [0.25, 0.3) is 0 Å². The van der Waals surface area contributed by atoms with E-state index in [4.69, 9.17) is 0 Å². The molecule has 0 aromatic heterocycles. The van der Waals surface area contributed by atoms with Gasteiger partial charge >= 0.3 is 0 Å². The summed E-state index contributed by atoms with van der Waals surface area (Å²) in [5, 5.41) is 5.11. The summed E-state index contributed by atoms with van der Waals surface area (Å²) >= 11 is 0. The van der Waals surface area contributed by atoms with Crippen molar-refractivity contribution in [3.05, 3.63) is 29.8 Å². The number of carbonyl (C=O) groups excluding carboxylic acids is 2.